The van der Waals surface area contributed by atoms with Crippen molar-refractivity contribution in [3.05, 3.63) is 162 Å². The van der Waals surface area contributed by atoms with Crippen LogP contribution in [0.3, 0.4) is 0 Å². The molecule has 4 heteroatoms. The number of fused-ring (bicyclic) bond motifs is 2. The van der Waals surface area contributed by atoms with Gasteiger partial charge in [-0.05, 0) is 102 Å². The molecule has 2 atom stereocenters. The third kappa shape index (κ3) is 3.73. The van der Waals surface area contributed by atoms with E-state index in [0.29, 0.717) is 12.0 Å². The first-order valence-electron chi connectivity index (χ1n) is 16.6. The second-order valence-electron chi connectivity index (χ2n) is 12.9. The van der Waals surface area contributed by atoms with Crippen molar-refractivity contribution in [2.75, 3.05) is 14.7 Å². The average molecular weight is 594 g/mol. The van der Waals surface area contributed by atoms with Gasteiger partial charge in [-0.3, -0.25) is 0 Å². The minimum Gasteiger partial charge on any atom is -0.338 e. The number of aryl methyl sites for hydroxylation is 1. The predicted octanol–water partition coefficient (Wildman–Crippen LogP) is 9.26. The molecule has 0 aromatic heterocycles. The zero-order valence-corrected chi connectivity index (χ0v) is 26.4. The van der Waals surface area contributed by atoms with Crippen LogP contribution in [-0.4, -0.2) is 12.8 Å². The number of nitrogens with zero attached hydrogens (tertiary/aromatic N) is 3. The Hall–Kier alpha value is -5.22. The third-order valence-corrected chi connectivity index (χ3v) is 10.7. The van der Waals surface area contributed by atoms with E-state index in [4.69, 9.17) is 0 Å². The largest absolute Gasteiger partial charge is 0.338 e. The molecule has 0 spiro atoms. The molecule has 4 aliphatic heterocycles. The van der Waals surface area contributed by atoms with Gasteiger partial charge in [0.25, 0.3) is 6.71 Å². The second-order valence-corrected chi connectivity index (χ2v) is 12.9. The van der Waals surface area contributed by atoms with E-state index in [1.807, 2.05) is 0 Å². The van der Waals surface area contributed by atoms with E-state index in [-0.39, 0.29) is 6.71 Å². The highest BCUT2D eigenvalue weighted by Gasteiger charge is 2.52. The number of allylic oxidation sites excluding steroid dienone is 3. The van der Waals surface area contributed by atoms with Gasteiger partial charge in [0.15, 0.2) is 0 Å². The fourth-order valence-electron chi connectivity index (χ4n) is 8.72. The second kappa shape index (κ2) is 10.4. The highest BCUT2D eigenvalue weighted by atomic mass is 15.2. The van der Waals surface area contributed by atoms with Gasteiger partial charge in [-0.25, -0.2) is 0 Å². The van der Waals surface area contributed by atoms with Gasteiger partial charge in [0, 0.05) is 57.5 Å². The Balaban J connectivity index is 1.34. The molecule has 46 heavy (non-hydrogen) atoms. The first kappa shape index (κ1) is 27.1. The van der Waals surface area contributed by atoms with Crippen molar-refractivity contribution in [2.24, 2.45) is 5.92 Å². The quantitative estimate of drug-likeness (QED) is 0.188. The molecule has 4 aliphatic rings. The molecule has 222 valence electrons. The first-order valence-corrected chi connectivity index (χ1v) is 16.6. The van der Waals surface area contributed by atoms with Crippen LogP contribution < -0.4 is 25.6 Å². The van der Waals surface area contributed by atoms with Crippen LogP contribution in [0.1, 0.15) is 25.8 Å². The number of rotatable bonds is 5. The Morgan fingerprint density at radius 3 is 2.11 bits per heavy atom. The van der Waals surface area contributed by atoms with Gasteiger partial charge < -0.3 is 14.7 Å². The van der Waals surface area contributed by atoms with Crippen molar-refractivity contribution in [1.29, 1.82) is 0 Å². The van der Waals surface area contributed by atoms with Crippen molar-refractivity contribution in [2.45, 2.75) is 32.7 Å². The van der Waals surface area contributed by atoms with Crippen molar-refractivity contribution in [1.82, 2.24) is 0 Å². The van der Waals surface area contributed by atoms with E-state index in [1.54, 1.807) is 0 Å². The lowest BCUT2D eigenvalue weighted by molar-refractivity contribution is 0.492. The number of benzene rings is 5. The van der Waals surface area contributed by atoms with Gasteiger partial charge in [0.1, 0.15) is 0 Å². The normalized spacial score (nSPS) is 19.7. The van der Waals surface area contributed by atoms with Crippen LogP contribution >= 0.6 is 0 Å². The summed E-state index contributed by atoms with van der Waals surface area (Å²) in [5.41, 5.74) is 17.0. The monoisotopic (exact) mass is 593 g/mol. The molecule has 0 fully saturated rings. The van der Waals surface area contributed by atoms with Gasteiger partial charge in [-0.2, -0.15) is 0 Å². The Bertz CT molecular complexity index is 2030. The third-order valence-electron chi connectivity index (χ3n) is 10.7. The summed E-state index contributed by atoms with van der Waals surface area (Å²) in [6.45, 7) is 9.11. The fraction of sp³-hybridized carbons (Fsp3) is 0.143. The zero-order valence-electron chi connectivity index (χ0n) is 26.4. The van der Waals surface area contributed by atoms with Crippen molar-refractivity contribution < 1.29 is 0 Å². The van der Waals surface area contributed by atoms with E-state index in [2.05, 4.69) is 169 Å². The maximum atomic E-state index is 4.34. The minimum atomic E-state index is 0.145. The number of anilines is 7. The smallest absolute Gasteiger partial charge is 0.251 e. The summed E-state index contributed by atoms with van der Waals surface area (Å²) in [5.74, 6) is 0.448. The van der Waals surface area contributed by atoms with Crippen molar-refractivity contribution >= 4 is 57.5 Å². The molecule has 4 heterocycles. The number of hydrogen-bond donors (Lipinski definition) is 0. The summed E-state index contributed by atoms with van der Waals surface area (Å²) in [5, 5.41) is 0. The van der Waals surface area contributed by atoms with Crippen LogP contribution in [-0.2, 0) is 6.42 Å². The Labute approximate surface area is 272 Å². The Morgan fingerprint density at radius 2 is 1.46 bits per heavy atom. The fourth-order valence-corrected chi connectivity index (χ4v) is 8.72. The van der Waals surface area contributed by atoms with Gasteiger partial charge in [0.05, 0.1) is 0 Å². The lowest BCUT2D eigenvalue weighted by Gasteiger charge is -2.48. The molecule has 9 rings (SSSR count). The molecule has 5 aromatic rings. The number of para-hydroxylation sites is 3. The standard InChI is InChI=1S/C42H36BN3/c1-4-34-28(3)37-25-21-29-22-26-38-40-41(29)46(37)42(34)35(5-2)43(40)36-24-23-33(27-39(36)45(38)32-19-13-8-14-20-32)44(30-15-9-6-10-16-30)31-17-11-7-12-18-31/h4-20,22-24,26-28,37H,1,21,25H2,2-3H3/b35-5+. The maximum Gasteiger partial charge on any atom is 0.251 e. The maximum absolute atomic E-state index is 4.34. The summed E-state index contributed by atoms with van der Waals surface area (Å²) in [6.07, 6.45) is 6.80. The SMILES string of the molecule is C=CC1=C2/C(=C\C)B3c4ccc(N(c5ccccc5)c5ccccc5)cc4N(c4ccccc4)c4ccc5c(c43)N2C(CC5)C1C. The predicted molar refractivity (Wildman–Crippen MR) is 196 cm³/mol. The van der Waals surface area contributed by atoms with E-state index < -0.39 is 0 Å². The molecule has 0 N–H and O–H groups in total. The van der Waals surface area contributed by atoms with Crippen LogP contribution in [0.4, 0.5) is 39.8 Å². The molecule has 0 aliphatic carbocycles. The lowest BCUT2D eigenvalue weighted by Crippen LogP contribution is -2.59. The van der Waals surface area contributed by atoms with Crippen LogP contribution in [0.25, 0.3) is 0 Å². The molecule has 3 nitrogen and oxygen atoms in total. The Kier molecular flexibility index (Phi) is 6.14. The number of hydrogen-bond acceptors (Lipinski definition) is 3. The Morgan fingerprint density at radius 1 is 0.783 bits per heavy atom. The van der Waals surface area contributed by atoms with Crippen LogP contribution in [0.5, 0.6) is 0 Å². The summed E-state index contributed by atoms with van der Waals surface area (Å²) in [7, 11) is 0. The topological polar surface area (TPSA) is 9.72 Å². The van der Waals surface area contributed by atoms with Crippen LogP contribution in [0, 0.1) is 5.92 Å². The summed E-state index contributed by atoms with van der Waals surface area (Å²) in [4.78, 5) is 7.59. The van der Waals surface area contributed by atoms with E-state index >= 15 is 0 Å². The average Bonchev–Trinajstić information content (AvgIpc) is 3.41. The van der Waals surface area contributed by atoms with E-state index in [1.165, 1.54) is 62.4 Å². The van der Waals surface area contributed by atoms with E-state index in [9.17, 15) is 0 Å². The first-order chi connectivity index (χ1) is 22.7. The molecular formula is C42H36BN3. The molecular weight excluding hydrogens is 557 g/mol. The lowest BCUT2D eigenvalue weighted by atomic mass is 9.32. The molecule has 0 radical (unpaired) electrons. The highest BCUT2D eigenvalue weighted by Crippen LogP contribution is 2.53. The molecule has 0 saturated carbocycles. The molecule has 0 bridgehead atoms. The summed E-state index contributed by atoms with van der Waals surface area (Å²) in [6, 6.07) is 44.7. The molecule has 2 unspecified atom stereocenters. The zero-order chi connectivity index (χ0) is 30.9. The van der Waals surface area contributed by atoms with Gasteiger partial charge in [-0.1, -0.05) is 92.4 Å². The van der Waals surface area contributed by atoms with E-state index in [0.717, 1.165) is 23.5 Å². The minimum absolute atomic E-state index is 0.145. The molecule has 5 aromatic carbocycles. The molecule has 0 saturated heterocycles. The van der Waals surface area contributed by atoms with Gasteiger partial charge in [-0.15, -0.1) is 0 Å². The summed E-state index contributed by atoms with van der Waals surface area (Å²) >= 11 is 0. The van der Waals surface area contributed by atoms with Crippen LogP contribution in [0.15, 0.2) is 157 Å². The highest BCUT2D eigenvalue weighted by molar-refractivity contribution is 6.96. The van der Waals surface area contributed by atoms with Crippen LogP contribution in [0.2, 0.25) is 0 Å². The molecule has 0 amide bonds. The summed E-state index contributed by atoms with van der Waals surface area (Å²) < 4.78 is 0. The van der Waals surface area contributed by atoms with Crippen molar-refractivity contribution in [3.8, 4) is 0 Å². The van der Waals surface area contributed by atoms with Gasteiger partial charge in [0.2, 0.25) is 0 Å². The van der Waals surface area contributed by atoms with Crippen molar-refractivity contribution in [3.63, 3.8) is 0 Å². The van der Waals surface area contributed by atoms with Gasteiger partial charge >= 0.3 is 0 Å².